The summed E-state index contributed by atoms with van der Waals surface area (Å²) in [6.07, 6.45) is 2.33. The number of aliphatic carboxylic acids is 1. The minimum atomic E-state index is -0.834. The summed E-state index contributed by atoms with van der Waals surface area (Å²) in [4.78, 5) is 18.5. The molecule has 7 heteroatoms. The first-order valence-electron chi connectivity index (χ1n) is 5.10. The summed E-state index contributed by atoms with van der Waals surface area (Å²) < 4.78 is 3.93. The summed E-state index contributed by atoms with van der Waals surface area (Å²) in [7, 11) is 0. The third-order valence-electron chi connectivity index (χ3n) is 2.80. The number of nitrogens with zero attached hydrogens (tertiary/aromatic N) is 3. The molecule has 0 amide bonds. The Balaban J connectivity index is 2.05. The summed E-state index contributed by atoms with van der Waals surface area (Å²) in [5.74, 6) is -0.834. The van der Waals surface area contributed by atoms with E-state index in [0.717, 1.165) is 16.9 Å². The van der Waals surface area contributed by atoms with Gasteiger partial charge in [-0.3, -0.25) is 0 Å². The molecule has 2 aromatic heterocycles. The Morgan fingerprint density at radius 2 is 2.47 bits per heavy atom. The summed E-state index contributed by atoms with van der Waals surface area (Å²) in [5.41, 5.74) is 0.893. The highest BCUT2D eigenvalue weighted by atomic mass is 32.1. The highest BCUT2D eigenvalue weighted by Gasteiger charge is 2.35. The number of carbonyl (C=O) groups is 1. The van der Waals surface area contributed by atoms with Crippen LogP contribution in [0.4, 0.5) is 5.13 Å². The predicted molar refractivity (Wildman–Crippen MR) is 65.7 cm³/mol. The van der Waals surface area contributed by atoms with Crippen molar-refractivity contribution >= 4 is 34.0 Å². The van der Waals surface area contributed by atoms with Gasteiger partial charge in [0.1, 0.15) is 6.33 Å². The maximum absolute atomic E-state index is 11.4. The van der Waals surface area contributed by atoms with Crippen LogP contribution in [0.1, 0.15) is 16.5 Å². The van der Waals surface area contributed by atoms with Gasteiger partial charge in [-0.25, -0.2) is 9.78 Å². The first kappa shape index (κ1) is 10.7. The molecule has 17 heavy (non-hydrogen) atoms. The Kier molecular flexibility index (Phi) is 2.56. The number of aromatic nitrogens is 2. The SMILES string of the molecule is O=C(O)C1c2ccsc2CCN1c1ncns1. The number of rotatable bonds is 2. The second-order valence-electron chi connectivity index (χ2n) is 3.71. The topological polar surface area (TPSA) is 66.3 Å². The minimum Gasteiger partial charge on any atom is -0.479 e. The largest absolute Gasteiger partial charge is 0.479 e. The predicted octanol–water partition coefficient (Wildman–Crippen LogP) is 1.79. The molecule has 0 fully saturated rings. The lowest BCUT2D eigenvalue weighted by atomic mass is 10.0. The van der Waals surface area contributed by atoms with E-state index >= 15 is 0 Å². The molecule has 0 saturated heterocycles. The lowest BCUT2D eigenvalue weighted by Crippen LogP contribution is -2.39. The van der Waals surface area contributed by atoms with Gasteiger partial charge in [-0.1, -0.05) is 0 Å². The standard InChI is InChI=1S/C10H9N3O2S2/c14-9(15)8-6-2-4-16-7(6)1-3-13(8)10-11-5-12-17-10/h2,4-5,8H,1,3H2,(H,14,15). The molecule has 1 unspecified atom stereocenters. The number of thiophene rings is 1. The quantitative estimate of drug-likeness (QED) is 0.898. The van der Waals surface area contributed by atoms with Crippen LogP contribution >= 0.6 is 22.9 Å². The molecule has 1 N–H and O–H groups in total. The monoisotopic (exact) mass is 267 g/mol. The number of carboxylic acid groups (broad SMARTS) is 1. The van der Waals surface area contributed by atoms with Crippen LogP contribution in [0.15, 0.2) is 17.8 Å². The van der Waals surface area contributed by atoms with Gasteiger partial charge in [0.25, 0.3) is 0 Å². The van der Waals surface area contributed by atoms with Crippen LogP contribution in [-0.4, -0.2) is 27.0 Å². The zero-order valence-electron chi connectivity index (χ0n) is 8.74. The number of hydrogen-bond donors (Lipinski definition) is 1. The van der Waals surface area contributed by atoms with Gasteiger partial charge in [0.05, 0.1) is 0 Å². The second kappa shape index (κ2) is 4.08. The first-order valence-corrected chi connectivity index (χ1v) is 6.75. The van der Waals surface area contributed by atoms with Gasteiger partial charge >= 0.3 is 5.97 Å². The van der Waals surface area contributed by atoms with Crippen molar-refractivity contribution in [3.8, 4) is 0 Å². The van der Waals surface area contributed by atoms with Crippen LogP contribution < -0.4 is 4.90 Å². The van der Waals surface area contributed by atoms with E-state index in [1.807, 2.05) is 16.3 Å². The zero-order valence-corrected chi connectivity index (χ0v) is 10.4. The molecule has 3 heterocycles. The maximum Gasteiger partial charge on any atom is 0.331 e. The Labute approximate surface area is 106 Å². The van der Waals surface area contributed by atoms with Crippen molar-refractivity contribution in [2.24, 2.45) is 0 Å². The number of hydrogen-bond acceptors (Lipinski definition) is 6. The average Bonchev–Trinajstić information content (AvgIpc) is 2.98. The smallest absolute Gasteiger partial charge is 0.331 e. The van der Waals surface area contributed by atoms with Crippen LogP contribution in [0.3, 0.4) is 0 Å². The van der Waals surface area contributed by atoms with Gasteiger partial charge in [-0.2, -0.15) is 4.37 Å². The van der Waals surface area contributed by atoms with E-state index in [9.17, 15) is 9.90 Å². The number of anilines is 1. The minimum absolute atomic E-state index is 0.627. The number of carboxylic acids is 1. The summed E-state index contributed by atoms with van der Waals surface area (Å²) in [6, 6.07) is 1.27. The first-order chi connectivity index (χ1) is 8.27. The summed E-state index contributed by atoms with van der Waals surface area (Å²) in [6.45, 7) is 0.680. The van der Waals surface area contributed by atoms with E-state index in [1.165, 1.54) is 17.9 Å². The van der Waals surface area contributed by atoms with Gasteiger partial charge in [-0.05, 0) is 23.4 Å². The van der Waals surface area contributed by atoms with E-state index in [0.29, 0.717) is 11.7 Å². The molecule has 1 aliphatic heterocycles. The molecule has 0 bridgehead atoms. The maximum atomic E-state index is 11.4. The van der Waals surface area contributed by atoms with E-state index < -0.39 is 12.0 Å². The van der Waals surface area contributed by atoms with Crippen molar-refractivity contribution in [3.63, 3.8) is 0 Å². The van der Waals surface area contributed by atoms with Crippen LogP contribution in [0, 0.1) is 0 Å². The van der Waals surface area contributed by atoms with Gasteiger partial charge < -0.3 is 10.0 Å². The van der Waals surface area contributed by atoms with Crippen molar-refractivity contribution in [2.75, 3.05) is 11.4 Å². The lowest BCUT2D eigenvalue weighted by Gasteiger charge is -2.32. The Morgan fingerprint density at radius 1 is 1.59 bits per heavy atom. The second-order valence-corrected chi connectivity index (χ2v) is 5.47. The molecule has 0 radical (unpaired) electrons. The normalized spacial score (nSPS) is 19.1. The molecule has 1 atom stereocenters. The average molecular weight is 267 g/mol. The Morgan fingerprint density at radius 3 is 3.18 bits per heavy atom. The van der Waals surface area contributed by atoms with Crippen LogP contribution in [0.2, 0.25) is 0 Å². The van der Waals surface area contributed by atoms with Crippen molar-refractivity contribution in [1.29, 1.82) is 0 Å². The van der Waals surface area contributed by atoms with Crippen molar-refractivity contribution in [1.82, 2.24) is 9.36 Å². The molecule has 0 aliphatic carbocycles. The molecular weight excluding hydrogens is 258 g/mol. The van der Waals surface area contributed by atoms with Crippen LogP contribution in [0.5, 0.6) is 0 Å². The van der Waals surface area contributed by atoms with Gasteiger partial charge in [0.15, 0.2) is 6.04 Å². The fourth-order valence-corrected chi connectivity index (χ4v) is 3.57. The molecule has 2 aromatic rings. The molecule has 5 nitrogen and oxygen atoms in total. The third-order valence-corrected chi connectivity index (χ3v) is 4.49. The van der Waals surface area contributed by atoms with E-state index in [-0.39, 0.29) is 0 Å². The molecule has 0 spiro atoms. The molecule has 1 aliphatic rings. The van der Waals surface area contributed by atoms with E-state index in [1.54, 1.807) is 11.3 Å². The van der Waals surface area contributed by atoms with E-state index in [4.69, 9.17) is 0 Å². The summed E-state index contributed by atoms with van der Waals surface area (Å²) in [5, 5.41) is 12.0. The number of fused-ring (bicyclic) bond motifs is 1. The molecule has 88 valence electrons. The van der Waals surface area contributed by atoms with Gasteiger partial charge in [0, 0.05) is 23.0 Å². The van der Waals surface area contributed by atoms with Crippen LogP contribution in [0.25, 0.3) is 0 Å². The summed E-state index contributed by atoms with van der Waals surface area (Å²) >= 11 is 2.86. The van der Waals surface area contributed by atoms with Gasteiger partial charge in [0.2, 0.25) is 5.13 Å². The Bertz CT molecular complexity index is 538. The molecule has 3 rings (SSSR count). The molecular formula is C10H9N3O2S2. The fourth-order valence-electron chi connectivity index (χ4n) is 2.08. The van der Waals surface area contributed by atoms with Crippen molar-refractivity contribution in [3.05, 3.63) is 28.2 Å². The molecule has 0 saturated carbocycles. The highest BCUT2D eigenvalue weighted by molar-refractivity contribution is 7.10. The van der Waals surface area contributed by atoms with Crippen LogP contribution in [-0.2, 0) is 11.2 Å². The van der Waals surface area contributed by atoms with Crippen molar-refractivity contribution < 1.29 is 9.90 Å². The molecule has 0 aromatic carbocycles. The van der Waals surface area contributed by atoms with Gasteiger partial charge in [-0.15, -0.1) is 11.3 Å². The van der Waals surface area contributed by atoms with E-state index in [2.05, 4.69) is 9.36 Å². The third kappa shape index (κ3) is 1.71. The van der Waals surface area contributed by atoms with Crippen molar-refractivity contribution in [2.45, 2.75) is 12.5 Å². The zero-order chi connectivity index (χ0) is 11.8. The highest BCUT2D eigenvalue weighted by Crippen LogP contribution is 2.36. The lowest BCUT2D eigenvalue weighted by molar-refractivity contribution is -0.138. The Hall–Kier alpha value is -1.47. The fraction of sp³-hybridized carbons (Fsp3) is 0.300.